The van der Waals surface area contributed by atoms with Crippen LogP contribution in [-0.4, -0.2) is 34.9 Å². The number of carbonyl (C=O) groups excluding carboxylic acids is 1. The van der Waals surface area contributed by atoms with Crippen LogP contribution in [0.3, 0.4) is 0 Å². The van der Waals surface area contributed by atoms with Gasteiger partial charge in [-0.25, -0.2) is 5.01 Å². The molecule has 0 spiro atoms. The first-order valence-electron chi connectivity index (χ1n) is 10.1. The molecule has 30 heavy (non-hydrogen) atoms. The predicted molar refractivity (Wildman–Crippen MR) is 120 cm³/mol. The summed E-state index contributed by atoms with van der Waals surface area (Å²) < 4.78 is 0. The number of rotatable bonds is 4. The molecule has 2 heterocycles. The Balaban J connectivity index is 1.70. The van der Waals surface area contributed by atoms with Crippen molar-refractivity contribution in [2.45, 2.75) is 32.2 Å². The first-order chi connectivity index (χ1) is 14.5. The second kappa shape index (κ2) is 8.94. The Morgan fingerprint density at radius 1 is 1.07 bits per heavy atom. The molecule has 8 heteroatoms. The monoisotopic (exact) mass is 445 g/mol. The Morgan fingerprint density at radius 3 is 2.40 bits per heavy atom. The second-order valence-corrected chi connectivity index (χ2v) is 8.50. The average Bonchev–Trinajstić information content (AvgIpc) is 3.11. The van der Waals surface area contributed by atoms with Crippen LogP contribution in [0.1, 0.15) is 37.8 Å². The molecule has 0 unspecified atom stereocenters. The fraction of sp³-hybridized carbons (Fsp3) is 0.364. The maximum Gasteiger partial charge on any atom is 0.274 e. The van der Waals surface area contributed by atoms with Gasteiger partial charge in [0.05, 0.1) is 16.8 Å². The van der Waals surface area contributed by atoms with Crippen molar-refractivity contribution < 1.29 is 4.79 Å². The molecule has 2 aromatic carbocycles. The van der Waals surface area contributed by atoms with E-state index in [0.29, 0.717) is 34.0 Å². The van der Waals surface area contributed by atoms with E-state index in [4.69, 9.17) is 23.2 Å². The van der Waals surface area contributed by atoms with Crippen LogP contribution in [0.5, 0.6) is 0 Å². The maximum absolute atomic E-state index is 13.1. The third-order valence-electron chi connectivity index (χ3n) is 5.68. The zero-order valence-corrected chi connectivity index (χ0v) is 18.2. The smallest absolute Gasteiger partial charge is 0.274 e. The minimum Gasteiger partial charge on any atom is -0.741 e. The number of para-hydroxylation sites is 1. The molecule has 0 aliphatic carbocycles. The molecule has 2 atom stereocenters. The van der Waals surface area contributed by atoms with Gasteiger partial charge in [-0.2, -0.15) is 5.10 Å². The van der Waals surface area contributed by atoms with Crippen molar-refractivity contribution in [2.75, 3.05) is 18.1 Å². The number of nitrogens with zero attached hydrogens (tertiary/aromatic N) is 4. The maximum atomic E-state index is 13.1. The van der Waals surface area contributed by atoms with Crippen molar-refractivity contribution in [3.8, 4) is 0 Å². The Hall–Kier alpha value is -2.12. The van der Waals surface area contributed by atoms with Crippen molar-refractivity contribution in [2.24, 2.45) is 11.0 Å². The molecule has 0 saturated carbocycles. The van der Waals surface area contributed by atoms with Crippen LogP contribution in [0.15, 0.2) is 53.6 Å². The van der Waals surface area contributed by atoms with Gasteiger partial charge in [-0.15, -0.1) is 0 Å². The van der Waals surface area contributed by atoms with Gasteiger partial charge in [-0.3, -0.25) is 9.80 Å². The molecule has 1 saturated heterocycles. The first-order valence-corrected chi connectivity index (χ1v) is 10.9. The van der Waals surface area contributed by atoms with E-state index in [1.807, 2.05) is 49.4 Å². The number of hydrazone groups is 1. The molecule has 0 aromatic heterocycles. The normalized spacial score (nSPS) is 22.1. The lowest BCUT2D eigenvalue weighted by Gasteiger charge is -2.41. The average molecular weight is 446 g/mol. The lowest BCUT2D eigenvalue weighted by molar-refractivity contribution is -0.136. The number of carbonyl (C=O) groups is 1. The highest BCUT2D eigenvalue weighted by atomic mass is 35.5. The summed E-state index contributed by atoms with van der Waals surface area (Å²) in [7, 11) is 0. The van der Waals surface area contributed by atoms with Gasteiger partial charge in [-0.05, 0) is 42.7 Å². The van der Waals surface area contributed by atoms with E-state index in [2.05, 4.69) is 5.10 Å². The van der Waals surface area contributed by atoms with Gasteiger partial charge in [0, 0.05) is 24.0 Å². The molecule has 1 fully saturated rings. The quantitative estimate of drug-likeness (QED) is 0.600. The Labute approximate surface area is 186 Å². The molecule has 2 aromatic rings. The molecule has 0 bridgehead atoms. The lowest BCUT2D eigenvalue weighted by atomic mass is 9.91. The molecule has 1 amide bonds. The Morgan fingerprint density at radius 2 is 1.73 bits per heavy atom. The molecule has 6 nitrogen and oxygen atoms in total. The third-order valence-corrected chi connectivity index (χ3v) is 6.25. The van der Waals surface area contributed by atoms with Crippen LogP contribution in [-0.2, 0) is 4.79 Å². The van der Waals surface area contributed by atoms with E-state index in [1.165, 1.54) is 0 Å². The van der Waals surface area contributed by atoms with Crippen LogP contribution in [0.4, 0.5) is 5.69 Å². The summed E-state index contributed by atoms with van der Waals surface area (Å²) >= 11 is 12.5. The summed E-state index contributed by atoms with van der Waals surface area (Å²) in [5.74, 6) is -0.922. The number of piperidine rings is 1. The van der Waals surface area contributed by atoms with Gasteiger partial charge in [-0.1, -0.05) is 60.8 Å². The molecule has 4 rings (SSSR count). The molecular formula is C22H23Cl2N4O2-. The first kappa shape index (κ1) is 21.1. The van der Waals surface area contributed by atoms with E-state index in [0.717, 1.165) is 24.8 Å². The van der Waals surface area contributed by atoms with Gasteiger partial charge >= 0.3 is 0 Å². The number of halogens is 2. The Kier molecular flexibility index (Phi) is 6.29. The highest BCUT2D eigenvalue weighted by Gasteiger charge is 2.40. The van der Waals surface area contributed by atoms with Crippen LogP contribution in [0.2, 0.25) is 10.0 Å². The standard InChI is InChI=1S/C22H23Cl2N4O2/c1-15-20(22(29)28(30)26-13-5-2-6-14-26)25-27(19-8-4-3-7-18(19)24)21(15)16-9-11-17(23)12-10-16/h3-4,7-12,15,21H,2,5-6,13-14H2,1H3/q-1/t15-,21+/m0/s1. The van der Waals surface area contributed by atoms with Gasteiger partial charge in [0.25, 0.3) is 5.91 Å². The van der Waals surface area contributed by atoms with Crippen molar-refractivity contribution in [3.63, 3.8) is 0 Å². The second-order valence-electron chi connectivity index (χ2n) is 7.66. The summed E-state index contributed by atoms with van der Waals surface area (Å²) in [6.07, 6.45) is 2.90. The number of amides is 1. The van der Waals surface area contributed by atoms with Gasteiger partial charge < -0.3 is 10.4 Å². The van der Waals surface area contributed by atoms with E-state index in [9.17, 15) is 10.0 Å². The number of benzene rings is 2. The molecule has 2 aliphatic rings. The van der Waals surface area contributed by atoms with Crippen molar-refractivity contribution in [1.29, 1.82) is 0 Å². The zero-order valence-electron chi connectivity index (χ0n) is 16.7. The minimum atomic E-state index is -0.613. The number of hydrogen-bond acceptors (Lipinski definition) is 5. The summed E-state index contributed by atoms with van der Waals surface area (Å²) in [5.41, 5.74) is 1.86. The topological polar surface area (TPSA) is 62.2 Å². The van der Waals surface area contributed by atoms with E-state index in [1.54, 1.807) is 16.1 Å². The molecule has 158 valence electrons. The fourth-order valence-electron chi connectivity index (χ4n) is 4.08. The van der Waals surface area contributed by atoms with Crippen molar-refractivity contribution in [3.05, 3.63) is 69.3 Å². The summed E-state index contributed by atoms with van der Waals surface area (Å²) in [6.45, 7) is 3.09. The van der Waals surface area contributed by atoms with Crippen molar-refractivity contribution in [1.82, 2.24) is 10.2 Å². The number of anilines is 1. The van der Waals surface area contributed by atoms with Gasteiger partial charge in [0.15, 0.2) is 0 Å². The number of hydrogen-bond donors (Lipinski definition) is 0. The van der Waals surface area contributed by atoms with Crippen LogP contribution in [0, 0.1) is 11.1 Å². The summed E-state index contributed by atoms with van der Waals surface area (Å²) in [4.78, 5) is 13.1. The van der Waals surface area contributed by atoms with Gasteiger partial charge in [0.1, 0.15) is 5.71 Å². The number of hydrazine groups is 1. The van der Waals surface area contributed by atoms with E-state index >= 15 is 0 Å². The highest BCUT2D eigenvalue weighted by Crippen LogP contribution is 2.42. The third kappa shape index (κ3) is 4.05. The van der Waals surface area contributed by atoms with E-state index in [-0.39, 0.29) is 17.7 Å². The lowest BCUT2D eigenvalue weighted by Crippen LogP contribution is -2.48. The zero-order chi connectivity index (χ0) is 21.3. The fourth-order valence-corrected chi connectivity index (χ4v) is 4.43. The molecule has 0 radical (unpaired) electrons. The number of hydroxylamine groups is 1. The predicted octanol–water partition coefficient (Wildman–Crippen LogP) is 5.27. The van der Waals surface area contributed by atoms with Crippen LogP contribution >= 0.6 is 23.2 Å². The van der Waals surface area contributed by atoms with E-state index < -0.39 is 5.91 Å². The Bertz CT molecular complexity index is 944. The summed E-state index contributed by atoms with van der Waals surface area (Å²) in [5, 5.41) is 22.3. The molecule has 2 aliphatic heterocycles. The minimum absolute atomic E-state index is 0.232. The van der Waals surface area contributed by atoms with Gasteiger partial charge in [0.2, 0.25) is 0 Å². The largest absolute Gasteiger partial charge is 0.741 e. The molecule has 0 N–H and O–H groups in total. The van der Waals surface area contributed by atoms with Crippen molar-refractivity contribution >= 4 is 40.5 Å². The van der Waals surface area contributed by atoms with Crippen LogP contribution < -0.4 is 5.01 Å². The summed E-state index contributed by atoms with van der Waals surface area (Å²) in [6, 6.07) is 14.5. The van der Waals surface area contributed by atoms with Crippen LogP contribution in [0.25, 0.3) is 0 Å². The SMILES string of the molecule is C[C@H]1C(C(=O)N([O-])N2CCCCC2)=NN(c2ccccc2Cl)[C@H]1c1ccc(Cl)cc1. The molecular weight excluding hydrogens is 423 g/mol. The highest BCUT2D eigenvalue weighted by molar-refractivity contribution is 6.40.